The number of aromatic nitrogens is 1. The third-order valence-electron chi connectivity index (χ3n) is 2.81. The molecule has 3 heteroatoms. The minimum atomic E-state index is 0.0674. The molecule has 0 saturated heterocycles. The molecule has 0 atom stereocenters. The first kappa shape index (κ1) is 10.6. The molecule has 1 aliphatic rings. The molecule has 3 nitrogen and oxygen atoms in total. The van der Waals surface area contributed by atoms with Crippen LogP contribution in [0.25, 0.3) is 0 Å². The van der Waals surface area contributed by atoms with Gasteiger partial charge in [-0.25, -0.2) is 0 Å². The molecule has 1 saturated carbocycles. The Balaban J connectivity index is 2.15. The summed E-state index contributed by atoms with van der Waals surface area (Å²) in [5.41, 5.74) is 2.09. The van der Waals surface area contributed by atoms with Gasteiger partial charge in [0, 0.05) is 12.2 Å². The van der Waals surface area contributed by atoms with E-state index in [9.17, 15) is 0 Å². The molecule has 1 fully saturated rings. The van der Waals surface area contributed by atoms with Crippen LogP contribution < -0.4 is 5.32 Å². The molecule has 1 aliphatic carbocycles. The van der Waals surface area contributed by atoms with E-state index in [4.69, 9.17) is 5.11 Å². The number of hydrogen-bond acceptors (Lipinski definition) is 3. The van der Waals surface area contributed by atoms with Crippen LogP contribution in [0.4, 0.5) is 0 Å². The Labute approximate surface area is 90.5 Å². The molecule has 0 amide bonds. The van der Waals surface area contributed by atoms with Crippen LogP contribution in [-0.4, -0.2) is 16.1 Å². The monoisotopic (exact) mass is 206 g/mol. The molecule has 0 aromatic carbocycles. The fourth-order valence-electron chi connectivity index (χ4n) is 1.95. The van der Waals surface area contributed by atoms with Gasteiger partial charge in [-0.05, 0) is 38.3 Å². The highest BCUT2D eigenvalue weighted by Gasteiger charge is 2.45. The first-order valence-electron chi connectivity index (χ1n) is 5.50. The molecule has 1 aromatic rings. The smallest absolute Gasteiger partial charge is 0.0696 e. The van der Waals surface area contributed by atoms with Crippen LogP contribution >= 0.6 is 0 Å². The lowest BCUT2D eigenvalue weighted by atomic mass is 10.1. The zero-order valence-corrected chi connectivity index (χ0v) is 9.33. The largest absolute Gasteiger partial charge is 0.392 e. The first-order chi connectivity index (χ1) is 7.16. The van der Waals surface area contributed by atoms with Crippen LogP contribution in [-0.2, 0) is 12.1 Å². The number of hydrogen-bond donors (Lipinski definition) is 2. The van der Waals surface area contributed by atoms with Gasteiger partial charge in [0.25, 0.3) is 0 Å². The number of nitrogens with zero attached hydrogens (tertiary/aromatic N) is 1. The van der Waals surface area contributed by atoms with Crippen LogP contribution in [0.1, 0.15) is 37.9 Å². The zero-order valence-electron chi connectivity index (χ0n) is 9.33. The summed E-state index contributed by atoms with van der Waals surface area (Å²) in [6.07, 6.45) is 4.09. The summed E-state index contributed by atoms with van der Waals surface area (Å²) in [4.78, 5) is 4.41. The highest BCUT2D eigenvalue weighted by Crippen LogP contribution is 2.44. The first-order valence-corrected chi connectivity index (χ1v) is 5.50. The number of aliphatic hydroxyl groups excluding tert-OH is 1. The van der Waals surface area contributed by atoms with Gasteiger partial charge in [0.05, 0.1) is 17.8 Å². The maximum Gasteiger partial charge on any atom is 0.0696 e. The maximum absolute atomic E-state index is 8.94. The topological polar surface area (TPSA) is 45.1 Å². The summed E-state index contributed by atoms with van der Waals surface area (Å²) in [7, 11) is 0. The molecule has 0 radical (unpaired) electrons. The van der Waals surface area contributed by atoms with Crippen molar-refractivity contribution < 1.29 is 5.11 Å². The van der Waals surface area contributed by atoms with Gasteiger partial charge in [0.15, 0.2) is 0 Å². The molecule has 0 bridgehead atoms. The van der Waals surface area contributed by atoms with Gasteiger partial charge < -0.3 is 10.4 Å². The molecule has 0 spiro atoms. The second-order valence-electron chi connectivity index (χ2n) is 4.59. The molecular weight excluding hydrogens is 188 g/mol. The third kappa shape index (κ3) is 2.19. The van der Waals surface area contributed by atoms with Crippen molar-refractivity contribution in [3.05, 3.63) is 29.6 Å². The lowest BCUT2D eigenvalue weighted by Crippen LogP contribution is -2.35. The van der Waals surface area contributed by atoms with E-state index in [0.717, 1.165) is 24.1 Å². The van der Waals surface area contributed by atoms with Crippen molar-refractivity contribution in [2.45, 2.75) is 44.9 Å². The quantitative estimate of drug-likeness (QED) is 0.786. The van der Waals surface area contributed by atoms with Crippen molar-refractivity contribution in [3.8, 4) is 0 Å². The van der Waals surface area contributed by atoms with E-state index in [1.54, 1.807) is 6.20 Å². The highest BCUT2D eigenvalue weighted by molar-refractivity contribution is 5.25. The fraction of sp³-hybridized carbons (Fsp3) is 0.583. The van der Waals surface area contributed by atoms with E-state index in [0.29, 0.717) is 6.04 Å². The fourth-order valence-corrected chi connectivity index (χ4v) is 1.95. The molecule has 15 heavy (non-hydrogen) atoms. The summed E-state index contributed by atoms with van der Waals surface area (Å²) in [6, 6.07) is 4.45. The molecule has 1 heterocycles. The Morgan fingerprint density at radius 1 is 1.47 bits per heavy atom. The molecule has 82 valence electrons. The predicted octanol–water partition coefficient (Wildman–Crippen LogP) is 1.56. The lowest BCUT2D eigenvalue weighted by Gasteiger charge is -2.19. The zero-order chi connectivity index (χ0) is 10.9. The van der Waals surface area contributed by atoms with E-state index < -0.39 is 0 Å². The minimum Gasteiger partial charge on any atom is -0.392 e. The van der Waals surface area contributed by atoms with Crippen molar-refractivity contribution in [1.29, 1.82) is 0 Å². The summed E-state index contributed by atoms with van der Waals surface area (Å²) in [5.74, 6) is 0. The van der Waals surface area contributed by atoms with Crippen molar-refractivity contribution in [2.75, 3.05) is 0 Å². The number of aliphatic hydroxyl groups is 1. The number of nitrogens with one attached hydrogen (secondary N) is 1. The van der Waals surface area contributed by atoms with Gasteiger partial charge in [0.1, 0.15) is 0 Å². The summed E-state index contributed by atoms with van der Waals surface area (Å²) in [5, 5.41) is 12.5. The van der Waals surface area contributed by atoms with Crippen molar-refractivity contribution in [2.24, 2.45) is 0 Å². The van der Waals surface area contributed by atoms with E-state index >= 15 is 0 Å². The Morgan fingerprint density at radius 2 is 2.20 bits per heavy atom. The Kier molecular flexibility index (Phi) is 2.76. The average Bonchev–Trinajstić information content (AvgIpc) is 2.98. The summed E-state index contributed by atoms with van der Waals surface area (Å²) in [6.45, 7) is 4.38. The SMILES string of the molecule is CC(C)NC1(c2ccc(CO)cn2)CC1. The molecule has 2 N–H and O–H groups in total. The van der Waals surface area contributed by atoms with Crippen molar-refractivity contribution in [3.63, 3.8) is 0 Å². The second-order valence-corrected chi connectivity index (χ2v) is 4.59. The highest BCUT2D eigenvalue weighted by atomic mass is 16.3. The third-order valence-corrected chi connectivity index (χ3v) is 2.81. The van der Waals surface area contributed by atoms with Crippen LogP contribution in [0.3, 0.4) is 0 Å². The molecule has 0 unspecified atom stereocenters. The molecule has 2 rings (SSSR count). The van der Waals surface area contributed by atoms with Crippen LogP contribution in [0.2, 0.25) is 0 Å². The summed E-state index contributed by atoms with van der Waals surface area (Å²) < 4.78 is 0. The van der Waals surface area contributed by atoms with Crippen LogP contribution in [0, 0.1) is 0 Å². The van der Waals surface area contributed by atoms with Crippen LogP contribution in [0.5, 0.6) is 0 Å². The Bertz CT molecular complexity index is 328. The van der Waals surface area contributed by atoms with Crippen LogP contribution in [0.15, 0.2) is 18.3 Å². The van der Waals surface area contributed by atoms with Gasteiger partial charge in [-0.2, -0.15) is 0 Å². The number of rotatable bonds is 4. The van der Waals surface area contributed by atoms with Gasteiger partial charge >= 0.3 is 0 Å². The summed E-state index contributed by atoms with van der Waals surface area (Å²) >= 11 is 0. The van der Waals surface area contributed by atoms with Crippen molar-refractivity contribution >= 4 is 0 Å². The van der Waals surface area contributed by atoms with E-state index in [2.05, 4.69) is 24.1 Å². The lowest BCUT2D eigenvalue weighted by molar-refractivity contribution is 0.281. The minimum absolute atomic E-state index is 0.0674. The molecular formula is C12H18N2O. The van der Waals surface area contributed by atoms with Crippen molar-refractivity contribution in [1.82, 2.24) is 10.3 Å². The van der Waals surface area contributed by atoms with Gasteiger partial charge in [-0.3, -0.25) is 4.98 Å². The number of pyridine rings is 1. The second kappa shape index (κ2) is 3.91. The van der Waals surface area contributed by atoms with E-state index in [1.807, 2.05) is 12.1 Å². The molecule has 0 aliphatic heterocycles. The van der Waals surface area contributed by atoms with Gasteiger partial charge in [-0.15, -0.1) is 0 Å². The predicted molar refractivity (Wildman–Crippen MR) is 59.3 cm³/mol. The standard InChI is InChI=1S/C12H18N2O/c1-9(2)14-12(5-6-12)11-4-3-10(8-15)7-13-11/h3-4,7,9,14-15H,5-6,8H2,1-2H3. The normalized spacial score (nSPS) is 18.1. The average molecular weight is 206 g/mol. The van der Waals surface area contributed by atoms with E-state index in [1.165, 1.54) is 0 Å². The Morgan fingerprint density at radius 3 is 2.60 bits per heavy atom. The van der Waals surface area contributed by atoms with E-state index in [-0.39, 0.29) is 12.1 Å². The molecule has 1 aromatic heterocycles. The maximum atomic E-state index is 8.94. The Hall–Kier alpha value is -0.930. The van der Waals surface area contributed by atoms with Gasteiger partial charge in [0.2, 0.25) is 0 Å². The van der Waals surface area contributed by atoms with Gasteiger partial charge in [-0.1, -0.05) is 6.07 Å².